The summed E-state index contributed by atoms with van der Waals surface area (Å²) in [5.41, 5.74) is 0. The summed E-state index contributed by atoms with van der Waals surface area (Å²) >= 11 is 4.92. The second-order valence-electron chi connectivity index (χ2n) is 1.52. The molecule has 13 heavy (non-hydrogen) atoms. The quantitative estimate of drug-likeness (QED) is 0.260. The maximum atomic E-state index is 9.60. The largest absolute Gasteiger partial charge is 0.479 e. The van der Waals surface area contributed by atoms with Crippen LogP contribution in [0.1, 0.15) is 0 Å². The number of rotatable bonds is 2. The SMILES string of the molecule is N.O=C(O)C(O)CCl.O=P(O)(O)O. The molecule has 0 bridgehead atoms. The van der Waals surface area contributed by atoms with Crippen molar-refractivity contribution in [2.75, 3.05) is 5.88 Å². The van der Waals surface area contributed by atoms with Crippen LogP contribution in [0.25, 0.3) is 0 Å². The zero-order chi connectivity index (χ0) is 10.4. The van der Waals surface area contributed by atoms with Gasteiger partial charge in [-0.25, -0.2) is 9.36 Å². The van der Waals surface area contributed by atoms with Crippen LogP contribution in [0.2, 0.25) is 0 Å². The van der Waals surface area contributed by atoms with E-state index >= 15 is 0 Å². The summed E-state index contributed by atoms with van der Waals surface area (Å²) in [6, 6.07) is 0. The minimum absolute atomic E-state index is 0. The molecule has 0 saturated heterocycles. The molecule has 1 atom stereocenters. The number of carbonyl (C=O) groups is 1. The van der Waals surface area contributed by atoms with Crippen LogP contribution in [-0.4, -0.2) is 42.8 Å². The fourth-order valence-electron chi connectivity index (χ4n) is 0.0660. The van der Waals surface area contributed by atoms with E-state index in [1.165, 1.54) is 0 Å². The minimum Gasteiger partial charge on any atom is -0.479 e. The van der Waals surface area contributed by atoms with Crippen molar-refractivity contribution >= 4 is 25.4 Å². The fourth-order valence-corrected chi connectivity index (χ4v) is 0.198. The maximum absolute atomic E-state index is 9.60. The van der Waals surface area contributed by atoms with Gasteiger partial charge >= 0.3 is 13.8 Å². The van der Waals surface area contributed by atoms with Crippen LogP contribution in [0.5, 0.6) is 0 Å². The van der Waals surface area contributed by atoms with Crippen LogP contribution in [0.3, 0.4) is 0 Å². The number of hydrogen-bond donors (Lipinski definition) is 6. The summed E-state index contributed by atoms with van der Waals surface area (Å²) < 4.78 is 8.88. The summed E-state index contributed by atoms with van der Waals surface area (Å²) in [7, 11) is -4.64. The van der Waals surface area contributed by atoms with Gasteiger partial charge in [0.05, 0.1) is 5.88 Å². The average Bonchev–Trinajstić information content (AvgIpc) is 1.82. The molecule has 0 saturated carbocycles. The van der Waals surface area contributed by atoms with Crippen LogP contribution in [0.15, 0.2) is 0 Å². The molecule has 0 radical (unpaired) electrons. The first kappa shape index (κ1) is 18.5. The lowest BCUT2D eigenvalue weighted by Gasteiger charge is -1.94. The number of alkyl halides is 1. The van der Waals surface area contributed by atoms with Crippen LogP contribution in [0, 0.1) is 0 Å². The van der Waals surface area contributed by atoms with Gasteiger partial charge in [-0.3, -0.25) is 0 Å². The van der Waals surface area contributed by atoms with E-state index in [1.54, 1.807) is 0 Å². The third-order valence-corrected chi connectivity index (χ3v) is 0.724. The number of hydrogen-bond acceptors (Lipinski definition) is 4. The maximum Gasteiger partial charge on any atom is 0.466 e. The molecule has 0 aromatic heterocycles. The topological polar surface area (TPSA) is 170 Å². The number of aliphatic carboxylic acids is 1. The first-order chi connectivity index (χ1) is 5.18. The van der Waals surface area contributed by atoms with E-state index in [9.17, 15) is 4.79 Å². The summed E-state index contributed by atoms with van der Waals surface area (Å²) in [5, 5.41) is 16.1. The summed E-state index contributed by atoms with van der Waals surface area (Å²) in [6.07, 6.45) is -1.42. The van der Waals surface area contributed by atoms with Crippen LogP contribution < -0.4 is 6.15 Å². The molecule has 0 aliphatic heterocycles. The third kappa shape index (κ3) is 33.7. The highest BCUT2D eigenvalue weighted by Crippen LogP contribution is 2.25. The third-order valence-electron chi connectivity index (χ3n) is 0.431. The lowest BCUT2D eigenvalue weighted by molar-refractivity contribution is -0.145. The molecule has 0 heterocycles. The molecule has 1 unspecified atom stereocenters. The fraction of sp³-hybridized carbons (Fsp3) is 0.667. The van der Waals surface area contributed by atoms with Gasteiger partial charge in [0, 0.05) is 0 Å². The summed E-state index contributed by atoms with van der Waals surface area (Å²) in [5.74, 6) is -1.54. The van der Waals surface area contributed by atoms with Gasteiger partial charge in [-0.05, 0) is 0 Å². The van der Waals surface area contributed by atoms with Crippen LogP contribution in [-0.2, 0) is 9.36 Å². The van der Waals surface area contributed by atoms with Crippen molar-refractivity contribution in [3.05, 3.63) is 0 Å². The smallest absolute Gasteiger partial charge is 0.466 e. The van der Waals surface area contributed by atoms with Crippen molar-refractivity contribution in [3.63, 3.8) is 0 Å². The lowest BCUT2D eigenvalue weighted by Crippen LogP contribution is -2.20. The molecule has 10 heteroatoms. The van der Waals surface area contributed by atoms with E-state index in [0.29, 0.717) is 0 Å². The predicted octanol–water partition coefficient (Wildman–Crippen LogP) is -1.10. The molecule has 82 valence electrons. The molecule has 0 fully saturated rings. The van der Waals surface area contributed by atoms with Crippen molar-refractivity contribution in [2.24, 2.45) is 0 Å². The Kier molecular flexibility index (Phi) is 12.0. The Bertz CT molecular complexity index is 172. The van der Waals surface area contributed by atoms with E-state index in [-0.39, 0.29) is 12.0 Å². The average molecular weight is 240 g/mol. The molecule has 0 amide bonds. The Labute approximate surface area is 78.6 Å². The highest BCUT2D eigenvalue weighted by Gasteiger charge is 2.08. The monoisotopic (exact) mass is 239 g/mol. The van der Waals surface area contributed by atoms with E-state index < -0.39 is 19.9 Å². The van der Waals surface area contributed by atoms with Crippen molar-refractivity contribution < 1.29 is 34.3 Å². The molecule has 8 N–H and O–H groups in total. The van der Waals surface area contributed by atoms with E-state index in [4.69, 9.17) is 41.1 Å². The van der Waals surface area contributed by atoms with Gasteiger partial charge in [0.2, 0.25) is 0 Å². The minimum atomic E-state index is -4.64. The highest BCUT2D eigenvalue weighted by atomic mass is 35.5. The van der Waals surface area contributed by atoms with Gasteiger partial charge < -0.3 is 31.0 Å². The number of phosphoric acid groups is 1. The van der Waals surface area contributed by atoms with E-state index in [2.05, 4.69) is 0 Å². The Hall–Kier alpha value is -0.210. The van der Waals surface area contributed by atoms with Gasteiger partial charge in [-0.2, -0.15) is 0 Å². The molecule has 8 nitrogen and oxygen atoms in total. The number of carboxylic acids is 1. The molecule has 0 aliphatic rings. The molecular weight excluding hydrogens is 228 g/mol. The Morgan fingerprint density at radius 1 is 1.38 bits per heavy atom. The summed E-state index contributed by atoms with van der Waals surface area (Å²) in [4.78, 5) is 31.2. The molecule has 0 aliphatic carbocycles. The standard InChI is InChI=1S/C3H5ClO3.H3N.H3O4P/c4-1-2(5)3(6)7;;1-5(2,3)4/h2,5H,1H2,(H,6,7);1H3;(H3,1,2,3,4). The van der Waals surface area contributed by atoms with Gasteiger partial charge in [0.15, 0.2) is 6.10 Å². The van der Waals surface area contributed by atoms with E-state index in [0.717, 1.165) is 0 Å². The summed E-state index contributed by atoms with van der Waals surface area (Å²) in [6.45, 7) is 0. The molecule has 0 aromatic carbocycles. The molecule has 0 aromatic rings. The van der Waals surface area contributed by atoms with Crippen molar-refractivity contribution in [1.29, 1.82) is 0 Å². The Balaban J connectivity index is -0.000000150. The highest BCUT2D eigenvalue weighted by molar-refractivity contribution is 7.45. The molecule has 0 rings (SSSR count). The number of aliphatic hydroxyl groups excluding tert-OH is 1. The number of aliphatic hydroxyl groups is 1. The Morgan fingerprint density at radius 2 is 1.62 bits per heavy atom. The molecule has 0 spiro atoms. The van der Waals surface area contributed by atoms with E-state index in [1.807, 2.05) is 0 Å². The second-order valence-corrected chi connectivity index (χ2v) is 2.86. The second kappa shape index (κ2) is 8.39. The molecular formula is C3H11ClNO7P. The van der Waals surface area contributed by atoms with Crippen molar-refractivity contribution in [3.8, 4) is 0 Å². The van der Waals surface area contributed by atoms with Gasteiger partial charge in [0.1, 0.15) is 0 Å². The number of carboxylic acid groups (broad SMARTS) is 1. The predicted molar refractivity (Wildman–Crippen MR) is 43.6 cm³/mol. The zero-order valence-corrected chi connectivity index (χ0v) is 8.02. The number of halogens is 1. The van der Waals surface area contributed by atoms with Crippen molar-refractivity contribution in [1.82, 2.24) is 6.15 Å². The van der Waals surface area contributed by atoms with Crippen LogP contribution >= 0.6 is 19.4 Å². The van der Waals surface area contributed by atoms with Crippen molar-refractivity contribution in [2.45, 2.75) is 6.10 Å². The zero-order valence-electron chi connectivity index (χ0n) is 6.37. The first-order valence-electron chi connectivity index (χ1n) is 2.43. The van der Waals surface area contributed by atoms with Crippen LogP contribution in [0.4, 0.5) is 0 Å². The normalized spacial score (nSPS) is 11.8. The lowest BCUT2D eigenvalue weighted by atomic mass is 10.4. The van der Waals surface area contributed by atoms with Gasteiger partial charge in [0.25, 0.3) is 0 Å². The van der Waals surface area contributed by atoms with Gasteiger partial charge in [-0.15, -0.1) is 11.6 Å². The van der Waals surface area contributed by atoms with Gasteiger partial charge in [-0.1, -0.05) is 0 Å². The Morgan fingerprint density at radius 3 is 1.62 bits per heavy atom. The first-order valence-corrected chi connectivity index (χ1v) is 4.53.